The second-order valence-corrected chi connectivity index (χ2v) is 6.83. The predicted octanol–water partition coefficient (Wildman–Crippen LogP) is 2.81. The lowest BCUT2D eigenvalue weighted by Gasteiger charge is -2.30. The van der Waals surface area contributed by atoms with Crippen LogP contribution in [0.2, 0.25) is 0 Å². The summed E-state index contributed by atoms with van der Waals surface area (Å²) in [7, 11) is 0. The molecule has 0 atom stereocenters. The highest BCUT2D eigenvalue weighted by atomic mass is 35.5. The summed E-state index contributed by atoms with van der Waals surface area (Å²) in [6.45, 7) is 2.04. The molecule has 2 N–H and O–H groups in total. The van der Waals surface area contributed by atoms with E-state index in [0.29, 0.717) is 39.0 Å². The minimum atomic E-state index is 0. The first kappa shape index (κ1) is 21.9. The third-order valence-corrected chi connectivity index (χ3v) is 5.01. The summed E-state index contributed by atoms with van der Waals surface area (Å²) in [5, 5.41) is 0. The number of carbonyl (C=O) groups is 2. The molecule has 0 unspecified atom stereocenters. The second kappa shape index (κ2) is 10.8. The molecule has 0 saturated carbocycles. The molecular formula is C22H28ClN3O2. The first-order valence-electron chi connectivity index (χ1n) is 9.59. The Hall–Kier alpha value is -2.37. The Kier molecular flexibility index (Phi) is 8.48. The standard InChI is InChI=1S/C22H27N3O2.ClH/c23-14-17-24(15-12-18-6-2-1-3-7-18)21(26)13-16-25-20-9-5-4-8-19(20)10-11-22(25)27;/h1-9H,10-17,23H2;1H. The lowest BCUT2D eigenvalue weighted by Crippen LogP contribution is -2.41. The van der Waals surface area contributed by atoms with E-state index in [4.69, 9.17) is 5.73 Å². The number of aryl methyl sites for hydroxylation is 1. The van der Waals surface area contributed by atoms with Gasteiger partial charge in [-0.15, -0.1) is 12.4 Å². The fraction of sp³-hybridized carbons (Fsp3) is 0.364. The molecule has 3 rings (SSSR count). The molecule has 2 aromatic rings. The van der Waals surface area contributed by atoms with Crippen LogP contribution in [0.5, 0.6) is 0 Å². The van der Waals surface area contributed by atoms with E-state index in [9.17, 15) is 9.59 Å². The Morgan fingerprint density at radius 2 is 1.71 bits per heavy atom. The smallest absolute Gasteiger partial charge is 0.227 e. The van der Waals surface area contributed by atoms with Crippen molar-refractivity contribution in [2.45, 2.75) is 25.7 Å². The number of anilines is 1. The van der Waals surface area contributed by atoms with E-state index >= 15 is 0 Å². The van der Waals surface area contributed by atoms with Crippen molar-refractivity contribution in [2.24, 2.45) is 5.73 Å². The predicted molar refractivity (Wildman–Crippen MR) is 115 cm³/mol. The van der Waals surface area contributed by atoms with Crippen LogP contribution in [0, 0.1) is 0 Å². The van der Waals surface area contributed by atoms with E-state index in [1.165, 1.54) is 11.1 Å². The third-order valence-electron chi connectivity index (χ3n) is 5.01. The molecular weight excluding hydrogens is 374 g/mol. The van der Waals surface area contributed by atoms with Gasteiger partial charge in [-0.1, -0.05) is 48.5 Å². The van der Waals surface area contributed by atoms with Crippen LogP contribution in [0.3, 0.4) is 0 Å². The minimum absolute atomic E-state index is 0. The van der Waals surface area contributed by atoms with Gasteiger partial charge in [0.25, 0.3) is 0 Å². The van der Waals surface area contributed by atoms with Crippen molar-refractivity contribution >= 4 is 29.9 Å². The second-order valence-electron chi connectivity index (χ2n) is 6.83. The lowest BCUT2D eigenvalue weighted by molar-refractivity contribution is -0.130. The lowest BCUT2D eigenvalue weighted by atomic mass is 10.0. The molecule has 6 heteroatoms. The third kappa shape index (κ3) is 5.57. The van der Waals surface area contributed by atoms with Crippen molar-refractivity contribution in [2.75, 3.05) is 31.1 Å². The van der Waals surface area contributed by atoms with Crippen LogP contribution in [0.15, 0.2) is 54.6 Å². The zero-order valence-electron chi connectivity index (χ0n) is 16.0. The number of fused-ring (bicyclic) bond motifs is 1. The number of para-hydroxylation sites is 1. The van der Waals surface area contributed by atoms with E-state index < -0.39 is 0 Å². The molecule has 0 aliphatic carbocycles. The summed E-state index contributed by atoms with van der Waals surface area (Å²) in [4.78, 5) is 28.7. The highest BCUT2D eigenvalue weighted by molar-refractivity contribution is 5.97. The van der Waals surface area contributed by atoms with E-state index in [-0.39, 0.29) is 24.2 Å². The molecule has 0 fully saturated rings. The molecule has 1 heterocycles. The minimum Gasteiger partial charge on any atom is -0.341 e. The van der Waals surface area contributed by atoms with Crippen LogP contribution < -0.4 is 10.6 Å². The van der Waals surface area contributed by atoms with Gasteiger partial charge in [0.1, 0.15) is 0 Å². The summed E-state index contributed by atoms with van der Waals surface area (Å²) in [5.41, 5.74) is 9.02. The molecule has 0 saturated heterocycles. The molecule has 0 bridgehead atoms. The van der Waals surface area contributed by atoms with Crippen LogP contribution in [-0.2, 0) is 22.4 Å². The summed E-state index contributed by atoms with van der Waals surface area (Å²) < 4.78 is 0. The Morgan fingerprint density at radius 3 is 2.46 bits per heavy atom. The SMILES string of the molecule is Cl.NCCN(CCc1ccccc1)C(=O)CCN1C(=O)CCc2ccccc21. The number of nitrogens with zero attached hydrogens (tertiary/aromatic N) is 2. The van der Waals surface area contributed by atoms with Crippen LogP contribution in [-0.4, -0.2) is 42.9 Å². The summed E-state index contributed by atoms with van der Waals surface area (Å²) >= 11 is 0. The Bertz CT molecular complexity index is 782. The van der Waals surface area contributed by atoms with E-state index in [1.54, 1.807) is 4.90 Å². The Labute approximate surface area is 172 Å². The number of rotatable bonds is 8. The van der Waals surface area contributed by atoms with E-state index in [1.807, 2.05) is 41.3 Å². The zero-order chi connectivity index (χ0) is 19.1. The van der Waals surface area contributed by atoms with Gasteiger partial charge in [0.15, 0.2) is 0 Å². The van der Waals surface area contributed by atoms with Gasteiger partial charge >= 0.3 is 0 Å². The maximum atomic E-state index is 12.7. The van der Waals surface area contributed by atoms with Crippen LogP contribution in [0.25, 0.3) is 0 Å². The van der Waals surface area contributed by atoms with Gasteiger partial charge in [-0.05, 0) is 30.0 Å². The molecule has 1 aliphatic heterocycles. The molecule has 0 aromatic heterocycles. The Balaban J connectivity index is 0.00000280. The molecule has 0 spiro atoms. The molecule has 0 radical (unpaired) electrons. The van der Waals surface area contributed by atoms with Crippen molar-refractivity contribution in [3.63, 3.8) is 0 Å². The summed E-state index contributed by atoms with van der Waals surface area (Å²) in [6.07, 6.45) is 2.40. The number of benzene rings is 2. The van der Waals surface area contributed by atoms with Crippen molar-refractivity contribution < 1.29 is 9.59 Å². The van der Waals surface area contributed by atoms with Crippen molar-refractivity contribution in [3.05, 3.63) is 65.7 Å². The van der Waals surface area contributed by atoms with Gasteiger partial charge in [0.2, 0.25) is 11.8 Å². The quantitative estimate of drug-likeness (QED) is 0.739. The fourth-order valence-corrected chi connectivity index (χ4v) is 3.53. The first-order chi connectivity index (χ1) is 13.2. The normalized spacial score (nSPS) is 12.9. The van der Waals surface area contributed by atoms with Crippen LogP contribution in [0.4, 0.5) is 5.69 Å². The Morgan fingerprint density at radius 1 is 1.00 bits per heavy atom. The molecule has 150 valence electrons. The van der Waals surface area contributed by atoms with Crippen LogP contribution >= 0.6 is 12.4 Å². The van der Waals surface area contributed by atoms with Gasteiger partial charge in [-0.25, -0.2) is 0 Å². The number of hydrogen-bond acceptors (Lipinski definition) is 3. The molecule has 5 nitrogen and oxygen atoms in total. The fourth-order valence-electron chi connectivity index (χ4n) is 3.53. The van der Waals surface area contributed by atoms with Gasteiger partial charge in [0.05, 0.1) is 0 Å². The highest BCUT2D eigenvalue weighted by Gasteiger charge is 2.24. The molecule has 1 aliphatic rings. The average Bonchev–Trinajstić information content (AvgIpc) is 2.71. The molecule has 2 aromatic carbocycles. The maximum absolute atomic E-state index is 12.7. The number of hydrogen-bond donors (Lipinski definition) is 1. The number of carbonyl (C=O) groups excluding carboxylic acids is 2. The van der Waals surface area contributed by atoms with Crippen molar-refractivity contribution in [1.29, 1.82) is 0 Å². The van der Waals surface area contributed by atoms with E-state index in [2.05, 4.69) is 18.2 Å². The molecule has 28 heavy (non-hydrogen) atoms. The summed E-state index contributed by atoms with van der Waals surface area (Å²) in [6, 6.07) is 18.1. The highest BCUT2D eigenvalue weighted by Crippen LogP contribution is 2.27. The zero-order valence-corrected chi connectivity index (χ0v) is 16.9. The largest absolute Gasteiger partial charge is 0.341 e. The summed E-state index contributed by atoms with van der Waals surface area (Å²) in [5.74, 6) is 0.142. The monoisotopic (exact) mass is 401 g/mol. The van der Waals surface area contributed by atoms with E-state index in [0.717, 1.165) is 18.5 Å². The van der Waals surface area contributed by atoms with Crippen molar-refractivity contribution in [3.8, 4) is 0 Å². The van der Waals surface area contributed by atoms with Gasteiger partial charge in [0, 0.05) is 44.7 Å². The number of nitrogens with two attached hydrogens (primary N) is 1. The topological polar surface area (TPSA) is 66.6 Å². The average molecular weight is 402 g/mol. The van der Waals surface area contributed by atoms with Crippen LogP contribution in [0.1, 0.15) is 24.0 Å². The number of halogens is 1. The first-order valence-corrected chi connectivity index (χ1v) is 9.59. The number of amides is 2. The van der Waals surface area contributed by atoms with Gasteiger partial charge < -0.3 is 15.5 Å². The maximum Gasteiger partial charge on any atom is 0.227 e. The van der Waals surface area contributed by atoms with Gasteiger partial charge in [-0.3, -0.25) is 9.59 Å². The van der Waals surface area contributed by atoms with Gasteiger partial charge in [-0.2, -0.15) is 0 Å². The molecule has 2 amide bonds. The van der Waals surface area contributed by atoms with Crippen molar-refractivity contribution in [1.82, 2.24) is 4.90 Å².